The molecular weight excluding hydrogens is 322 g/mol. The molecule has 1 aromatic heterocycles. The molecule has 4 nitrogen and oxygen atoms in total. The average Bonchev–Trinajstić information content (AvgIpc) is 2.31. The third kappa shape index (κ3) is 2.99. The summed E-state index contributed by atoms with van der Waals surface area (Å²) >= 11 is 3.42. The highest BCUT2D eigenvalue weighted by molar-refractivity contribution is 9.10. The first kappa shape index (κ1) is 14.5. The van der Waals surface area contributed by atoms with Crippen LogP contribution in [0.25, 0.3) is 0 Å². The molecule has 0 amide bonds. The van der Waals surface area contributed by atoms with Crippen LogP contribution in [-0.4, -0.2) is 16.1 Å². The van der Waals surface area contributed by atoms with Crippen LogP contribution in [0.2, 0.25) is 0 Å². The monoisotopic (exact) mass is 335 g/mol. The van der Waals surface area contributed by atoms with Crippen molar-refractivity contribution in [1.82, 2.24) is 4.98 Å². The number of aromatic carboxylic acids is 1. The maximum atomic E-state index is 11.4. The number of nitrogens with zero attached hydrogens (tertiary/aromatic N) is 1. The Morgan fingerprint density at radius 2 is 1.90 bits per heavy atom. The second kappa shape index (κ2) is 5.63. The van der Waals surface area contributed by atoms with Gasteiger partial charge in [-0.1, -0.05) is 6.07 Å². The summed E-state index contributed by atoms with van der Waals surface area (Å²) in [6.07, 6.45) is 0. The molecular formula is C15H14BrNO3. The maximum Gasteiger partial charge on any atom is 0.341 e. The number of carbonyl (C=O) groups is 1. The van der Waals surface area contributed by atoms with Crippen LogP contribution in [0.15, 0.2) is 28.7 Å². The maximum absolute atomic E-state index is 11.4. The smallest absolute Gasteiger partial charge is 0.341 e. The fourth-order valence-corrected chi connectivity index (χ4v) is 2.51. The zero-order valence-corrected chi connectivity index (χ0v) is 13.0. The standard InChI is InChI=1S/C15H14BrNO3/c1-8-4-5-12(11(16)6-8)20-13-7-9(2)17-10(3)14(13)15(18)19/h4-7H,1-3H3,(H,18,19). The first-order valence-electron chi connectivity index (χ1n) is 6.04. The van der Waals surface area contributed by atoms with E-state index in [-0.39, 0.29) is 5.56 Å². The molecule has 1 N–H and O–H groups in total. The number of hydrogen-bond donors (Lipinski definition) is 1. The number of halogens is 1. The molecule has 0 unspecified atom stereocenters. The van der Waals surface area contributed by atoms with Gasteiger partial charge in [-0.05, 0) is 54.4 Å². The van der Waals surface area contributed by atoms with E-state index >= 15 is 0 Å². The number of ether oxygens (including phenoxy) is 1. The Hall–Kier alpha value is -1.88. The van der Waals surface area contributed by atoms with Crippen molar-refractivity contribution in [3.8, 4) is 11.5 Å². The predicted octanol–water partition coefficient (Wildman–Crippen LogP) is 4.26. The molecule has 104 valence electrons. The molecule has 0 fully saturated rings. The van der Waals surface area contributed by atoms with Crippen molar-refractivity contribution in [2.24, 2.45) is 0 Å². The van der Waals surface area contributed by atoms with Crippen LogP contribution in [0.4, 0.5) is 0 Å². The molecule has 5 heteroatoms. The average molecular weight is 336 g/mol. The second-order valence-corrected chi connectivity index (χ2v) is 5.42. The van der Waals surface area contributed by atoms with Crippen molar-refractivity contribution in [2.75, 3.05) is 0 Å². The largest absolute Gasteiger partial charge is 0.477 e. The minimum atomic E-state index is -1.05. The van der Waals surface area contributed by atoms with Crippen LogP contribution in [0, 0.1) is 20.8 Å². The SMILES string of the molecule is Cc1ccc(Oc2cc(C)nc(C)c2C(=O)O)c(Br)c1. The Balaban J connectivity index is 2.50. The van der Waals surface area contributed by atoms with Gasteiger partial charge in [-0.3, -0.25) is 4.98 Å². The first-order valence-corrected chi connectivity index (χ1v) is 6.83. The summed E-state index contributed by atoms with van der Waals surface area (Å²) in [5.74, 6) is -0.177. The lowest BCUT2D eigenvalue weighted by molar-refractivity contribution is 0.0692. The van der Waals surface area contributed by atoms with E-state index in [1.807, 2.05) is 19.1 Å². The molecule has 0 saturated carbocycles. The molecule has 0 aliphatic heterocycles. The lowest BCUT2D eigenvalue weighted by Crippen LogP contribution is -2.06. The normalized spacial score (nSPS) is 10.4. The summed E-state index contributed by atoms with van der Waals surface area (Å²) in [4.78, 5) is 15.5. The highest BCUT2D eigenvalue weighted by Gasteiger charge is 2.18. The van der Waals surface area contributed by atoms with Gasteiger partial charge >= 0.3 is 5.97 Å². The number of hydrogen-bond acceptors (Lipinski definition) is 3. The van der Waals surface area contributed by atoms with Crippen LogP contribution < -0.4 is 4.74 Å². The summed E-state index contributed by atoms with van der Waals surface area (Å²) in [5.41, 5.74) is 2.33. The van der Waals surface area contributed by atoms with Crippen molar-refractivity contribution in [3.05, 3.63) is 51.3 Å². The second-order valence-electron chi connectivity index (χ2n) is 4.56. The van der Waals surface area contributed by atoms with Gasteiger partial charge in [0.15, 0.2) is 0 Å². The van der Waals surface area contributed by atoms with E-state index in [0.717, 1.165) is 10.0 Å². The summed E-state index contributed by atoms with van der Waals surface area (Å²) < 4.78 is 6.53. The van der Waals surface area contributed by atoms with E-state index in [1.165, 1.54) is 0 Å². The number of benzene rings is 1. The van der Waals surface area contributed by atoms with E-state index in [9.17, 15) is 9.90 Å². The van der Waals surface area contributed by atoms with Gasteiger partial charge in [-0.25, -0.2) is 4.79 Å². The zero-order chi connectivity index (χ0) is 14.9. The van der Waals surface area contributed by atoms with Crippen LogP contribution in [-0.2, 0) is 0 Å². The number of rotatable bonds is 3. The van der Waals surface area contributed by atoms with Gasteiger partial charge in [0, 0.05) is 11.8 Å². The molecule has 0 aliphatic rings. The predicted molar refractivity (Wildman–Crippen MR) is 79.6 cm³/mol. The van der Waals surface area contributed by atoms with E-state index in [0.29, 0.717) is 22.9 Å². The molecule has 0 aliphatic carbocycles. The number of pyridine rings is 1. The van der Waals surface area contributed by atoms with E-state index in [4.69, 9.17) is 4.74 Å². The number of aryl methyl sites for hydroxylation is 3. The van der Waals surface area contributed by atoms with Crippen molar-refractivity contribution >= 4 is 21.9 Å². The number of aromatic nitrogens is 1. The molecule has 2 rings (SSSR count). The number of carboxylic acids is 1. The van der Waals surface area contributed by atoms with Gasteiger partial charge < -0.3 is 9.84 Å². The third-order valence-corrected chi connectivity index (χ3v) is 3.43. The minimum absolute atomic E-state index is 0.0862. The van der Waals surface area contributed by atoms with Gasteiger partial charge in [0.05, 0.1) is 10.2 Å². The lowest BCUT2D eigenvalue weighted by atomic mass is 10.1. The minimum Gasteiger partial charge on any atom is -0.477 e. The van der Waals surface area contributed by atoms with E-state index in [2.05, 4.69) is 20.9 Å². The Kier molecular flexibility index (Phi) is 4.09. The highest BCUT2D eigenvalue weighted by atomic mass is 79.9. The van der Waals surface area contributed by atoms with Crippen molar-refractivity contribution in [3.63, 3.8) is 0 Å². The van der Waals surface area contributed by atoms with Gasteiger partial charge in [-0.15, -0.1) is 0 Å². The Morgan fingerprint density at radius 1 is 1.20 bits per heavy atom. The highest BCUT2D eigenvalue weighted by Crippen LogP contribution is 2.33. The van der Waals surface area contributed by atoms with Gasteiger partial charge in [0.25, 0.3) is 0 Å². The van der Waals surface area contributed by atoms with Crippen LogP contribution in [0.1, 0.15) is 27.3 Å². The molecule has 1 heterocycles. The summed E-state index contributed by atoms with van der Waals surface area (Å²) in [6.45, 7) is 5.43. The lowest BCUT2D eigenvalue weighted by Gasteiger charge is -2.13. The molecule has 1 aromatic carbocycles. The Morgan fingerprint density at radius 3 is 2.50 bits per heavy atom. The quantitative estimate of drug-likeness (QED) is 0.910. The van der Waals surface area contributed by atoms with Crippen molar-refractivity contribution in [2.45, 2.75) is 20.8 Å². The fraction of sp³-hybridized carbons (Fsp3) is 0.200. The summed E-state index contributed by atoms with van der Waals surface area (Å²) in [7, 11) is 0. The molecule has 0 bridgehead atoms. The fourth-order valence-electron chi connectivity index (χ4n) is 1.94. The summed E-state index contributed by atoms with van der Waals surface area (Å²) in [5, 5.41) is 9.30. The first-order chi connectivity index (χ1) is 9.38. The molecule has 0 radical (unpaired) electrons. The Labute approximate surface area is 125 Å². The van der Waals surface area contributed by atoms with Crippen LogP contribution >= 0.6 is 15.9 Å². The van der Waals surface area contributed by atoms with Crippen LogP contribution in [0.3, 0.4) is 0 Å². The summed E-state index contributed by atoms with van der Waals surface area (Å²) in [6, 6.07) is 7.25. The molecule has 20 heavy (non-hydrogen) atoms. The van der Waals surface area contributed by atoms with Gasteiger partial charge in [0.2, 0.25) is 0 Å². The molecule has 0 saturated heterocycles. The molecule has 2 aromatic rings. The van der Waals surface area contributed by atoms with E-state index in [1.54, 1.807) is 26.0 Å². The molecule has 0 spiro atoms. The zero-order valence-electron chi connectivity index (χ0n) is 11.4. The van der Waals surface area contributed by atoms with Crippen LogP contribution in [0.5, 0.6) is 11.5 Å². The van der Waals surface area contributed by atoms with E-state index < -0.39 is 5.97 Å². The van der Waals surface area contributed by atoms with Gasteiger partial charge in [-0.2, -0.15) is 0 Å². The van der Waals surface area contributed by atoms with Crippen molar-refractivity contribution in [1.29, 1.82) is 0 Å². The molecule has 0 atom stereocenters. The van der Waals surface area contributed by atoms with Gasteiger partial charge in [0.1, 0.15) is 17.1 Å². The van der Waals surface area contributed by atoms with Crippen molar-refractivity contribution < 1.29 is 14.6 Å². The topological polar surface area (TPSA) is 59.4 Å². The Bertz CT molecular complexity index is 683. The third-order valence-electron chi connectivity index (χ3n) is 2.81. The number of carboxylic acid groups (broad SMARTS) is 1.